The van der Waals surface area contributed by atoms with Gasteiger partial charge in [-0.15, -0.1) is 0 Å². The molecule has 1 unspecified atom stereocenters. The Morgan fingerprint density at radius 3 is 2.12 bits per heavy atom. The van der Waals surface area contributed by atoms with Crippen molar-refractivity contribution in [2.45, 2.75) is 110 Å². The highest BCUT2D eigenvalue weighted by Crippen LogP contribution is 2.15. The number of nitrogens with zero attached hydrogens (tertiary/aromatic N) is 1. The Labute approximate surface area is 162 Å². The molecule has 0 aliphatic rings. The van der Waals surface area contributed by atoms with Gasteiger partial charge in [-0.3, -0.25) is 4.79 Å². The Bertz CT molecular complexity index is 310. The fourth-order valence-electron chi connectivity index (χ4n) is 3.29. The Kier molecular flexibility index (Phi) is 18.7. The quantitative estimate of drug-likeness (QED) is 0.246. The van der Waals surface area contributed by atoms with Gasteiger partial charge in [0, 0.05) is 13.0 Å². The average Bonchev–Trinajstić information content (AvgIpc) is 2.62. The largest absolute Gasteiger partial charge is 0.462 e. The Morgan fingerprint density at radius 1 is 0.808 bits per heavy atom. The van der Waals surface area contributed by atoms with Crippen LogP contribution in [-0.2, 0) is 9.53 Å². The number of aliphatic hydroxyl groups is 1. The fraction of sp³-hybridized carbons (Fsp3) is 0.955. The third-order valence-electron chi connectivity index (χ3n) is 4.89. The van der Waals surface area contributed by atoms with Crippen LogP contribution in [0.1, 0.15) is 104 Å². The maximum absolute atomic E-state index is 12.2. The summed E-state index contributed by atoms with van der Waals surface area (Å²) in [5.41, 5.74) is 0. The molecule has 0 aromatic carbocycles. The molecule has 0 radical (unpaired) electrons. The minimum absolute atomic E-state index is 0.0473. The SMILES string of the molecule is CCCCCCCCC(CCC)OC(=O)CCCN(CCO)CCCC. The van der Waals surface area contributed by atoms with Gasteiger partial charge in [0.25, 0.3) is 0 Å². The van der Waals surface area contributed by atoms with Crippen LogP contribution in [0.2, 0.25) is 0 Å². The lowest BCUT2D eigenvalue weighted by molar-refractivity contribution is -0.150. The van der Waals surface area contributed by atoms with Gasteiger partial charge >= 0.3 is 5.97 Å². The lowest BCUT2D eigenvalue weighted by atomic mass is 10.0. The topological polar surface area (TPSA) is 49.8 Å². The molecule has 0 aliphatic carbocycles. The van der Waals surface area contributed by atoms with Crippen LogP contribution < -0.4 is 0 Å². The van der Waals surface area contributed by atoms with Gasteiger partial charge in [0.2, 0.25) is 0 Å². The second kappa shape index (κ2) is 19.2. The van der Waals surface area contributed by atoms with Gasteiger partial charge in [-0.2, -0.15) is 0 Å². The van der Waals surface area contributed by atoms with Crippen molar-refractivity contribution in [2.75, 3.05) is 26.2 Å². The summed E-state index contributed by atoms with van der Waals surface area (Å²) in [6, 6.07) is 0. The van der Waals surface area contributed by atoms with E-state index in [1.807, 2.05) is 0 Å². The molecular formula is C22H45NO3. The van der Waals surface area contributed by atoms with Crippen molar-refractivity contribution in [3.8, 4) is 0 Å². The molecule has 0 heterocycles. The van der Waals surface area contributed by atoms with Crippen molar-refractivity contribution < 1.29 is 14.6 Å². The minimum atomic E-state index is -0.0473. The predicted molar refractivity (Wildman–Crippen MR) is 110 cm³/mol. The first-order chi connectivity index (χ1) is 12.7. The molecule has 0 aromatic rings. The van der Waals surface area contributed by atoms with Gasteiger partial charge in [0.1, 0.15) is 6.10 Å². The van der Waals surface area contributed by atoms with E-state index in [1.165, 1.54) is 38.5 Å². The molecule has 0 rings (SSSR count). The van der Waals surface area contributed by atoms with E-state index in [-0.39, 0.29) is 18.7 Å². The zero-order valence-electron chi connectivity index (χ0n) is 17.8. The van der Waals surface area contributed by atoms with Gasteiger partial charge in [0.05, 0.1) is 6.61 Å². The highest BCUT2D eigenvalue weighted by molar-refractivity contribution is 5.69. The summed E-state index contributed by atoms with van der Waals surface area (Å²) in [6.07, 6.45) is 14.4. The molecule has 0 spiro atoms. The number of rotatable bonds is 19. The van der Waals surface area contributed by atoms with E-state index in [1.54, 1.807) is 0 Å². The summed E-state index contributed by atoms with van der Waals surface area (Å²) in [4.78, 5) is 14.4. The molecule has 0 saturated carbocycles. The number of ether oxygens (including phenoxy) is 1. The molecule has 0 fully saturated rings. The summed E-state index contributed by atoms with van der Waals surface area (Å²) in [7, 11) is 0. The number of hydrogen-bond donors (Lipinski definition) is 1. The van der Waals surface area contributed by atoms with E-state index in [0.717, 1.165) is 51.6 Å². The smallest absolute Gasteiger partial charge is 0.306 e. The highest BCUT2D eigenvalue weighted by Gasteiger charge is 2.14. The number of esters is 1. The van der Waals surface area contributed by atoms with Crippen LogP contribution >= 0.6 is 0 Å². The molecule has 0 saturated heterocycles. The van der Waals surface area contributed by atoms with E-state index in [2.05, 4.69) is 25.7 Å². The van der Waals surface area contributed by atoms with E-state index in [9.17, 15) is 4.79 Å². The third-order valence-corrected chi connectivity index (χ3v) is 4.89. The molecule has 0 amide bonds. The highest BCUT2D eigenvalue weighted by atomic mass is 16.5. The summed E-state index contributed by atoms with van der Waals surface area (Å²) in [5.74, 6) is -0.0473. The van der Waals surface area contributed by atoms with Crippen LogP contribution in [0, 0.1) is 0 Å². The van der Waals surface area contributed by atoms with Crippen LogP contribution in [0.5, 0.6) is 0 Å². The van der Waals surface area contributed by atoms with Crippen LogP contribution in [0.15, 0.2) is 0 Å². The number of carbonyl (C=O) groups excluding carboxylic acids is 1. The van der Waals surface area contributed by atoms with Crippen LogP contribution in [0.4, 0.5) is 0 Å². The van der Waals surface area contributed by atoms with Gasteiger partial charge in [0.15, 0.2) is 0 Å². The van der Waals surface area contributed by atoms with Gasteiger partial charge in [-0.05, 0) is 45.2 Å². The second-order valence-electron chi connectivity index (χ2n) is 7.48. The predicted octanol–water partition coefficient (Wildman–Crippen LogP) is 5.32. The Morgan fingerprint density at radius 2 is 1.46 bits per heavy atom. The normalized spacial score (nSPS) is 12.5. The van der Waals surface area contributed by atoms with Crippen molar-refractivity contribution in [3.63, 3.8) is 0 Å². The zero-order valence-corrected chi connectivity index (χ0v) is 17.8. The Balaban J connectivity index is 3.97. The maximum atomic E-state index is 12.2. The average molecular weight is 372 g/mol. The lowest BCUT2D eigenvalue weighted by Gasteiger charge is -2.21. The van der Waals surface area contributed by atoms with E-state index >= 15 is 0 Å². The molecule has 4 nitrogen and oxygen atoms in total. The van der Waals surface area contributed by atoms with Crippen molar-refractivity contribution >= 4 is 5.97 Å². The fourth-order valence-corrected chi connectivity index (χ4v) is 3.29. The number of carbonyl (C=O) groups is 1. The minimum Gasteiger partial charge on any atom is -0.462 e. The van der Waals surface area contributed by atoms with Gasteiger partial charge < -0.3 is 14.7 Å². The molecule has 26 heavy (non-hydrogen) atoms. The monoisotopic (exact) mass is 371 g/mol. The van der Waals surface area contributed by atoms with Gasteiger partial charge in [-0.1, -0.05) is 65.7 Å². The van der Waals surface area contributed by atoms with E-state index in [4.69, 9.17) is 9.84 Å². The molecular weight excluding hydrogens is 326 g/mol. The first kappa shape index (κ1) is 25.4. The van der Waals surface area contributed by atoms with Crippen LogP contribution in [-0.4, -0.2) is 48.3 Å². The third kappa shape index (κ3) is 15.6. The Hall–Kier alpha value is -0.610. The molecule has 1 N–H and O–H groups in total. The van der Waals surface area contributed by atoms with Crippen molar-refractivity contribution in [1.29, 1.82) is 0 Å². The van der Waals surface area contributed by atoms with Crippen molar-refractivity contribution in [1.82, 2.24) is 4.90 Å². The second-order valence-corrected chi connectivity index (χ2v) is 7.48. The summed E-state index contributed by atoms with van der Waals surface area (Å²) >= 11 is 0. The number of unbranched alkanes of at least 4 members (excludes halogenated alkanes) is 6. The lowest BCUT2D eigenvalue weighted by Crippen LogP contribution is -2.29. The maximum Gasteiger partial charge on any atom is 0.306 e. The molecule has 0 aromatic heterocycles. The molecule has 0 aliphatic heterocycles. The first-order valence-electron chi connectivity index (χ1n) is 11.2. The number of aliphatic hydroxyl groups excluding tert-OH is 1. The van der Waals surface area contributed by atoms with Crippen molar-refractivity contribution in [3.05, 3.63) is 0 Å². The summed E-state index contributed by atoms with van der Waals surface area (Å²) in [5, 5.41) is 9.14. The molecule has 1 atom stereocenters. The van der Waals surface area contributed by atoms with Crippen LogP contribution in [0.25, 0.3) is 0 Å². The summed E-state index contributed by atoms with van der Waals surface area (Å²) < 4.78 is 5.73. The molecule has 0 bridgehead atoms. The standard InChI is InChI=1S/C22H45NO3/c1-4-7-9-10-11-12-15-21(14-6-3)26-22(25)16-13-18-23(19-20-24)17-8-5-2/h21,24H,4-20H2,1-3H3. The van der Waals surface area contributed by atoms with Crippen molar-refractivity contribution in [2.24, 2.45) is 0 Å². The van der Waals surface area contributed by atoms with Crippen LogP contribution in [0.3, 0.4) is 0 Å². The zero-order chi connectivity index (χ0) is 19.5. The van der Waals surface area contributed by atoms with Gasteiger partial charge in [-0.25, -0.2) is 0 Å². The molecule has 4 heteroatoms. The first-order valence-corrected chi connectivity index (χ1v) is 11.2. The van der Waals surface area contributed by atoms with E-state index < -0.39 is 0 Å². The summed E-state index contributed by atoms with van der Waals surface area (Å²) in [6.45, 7) is 9.32. The van der Waals surface area contributed by atoms with E-state index in [0.29, 0.717) is 13.0 Å². The number of hydrogen-bond acceptors (Lipinski definition) is 4. The molecule has 156 valence electrons.